The Kier molecular flexibility index (Phi) is 4.20. The number of hydrogen-bond acceptors (Lipinski definition) is 4. The van der Waals surface area contributed by atoms with E-state index in [0.29, 0.717) is 19.8 Å². The van der Waals surface area contributed by atoms with Crippen LogP contribution in [-0.2, 0) is 22.7 Å². The minimum Gasteiger partial charge on any atom is -0.372 e. The molecule has 1 unspecified atom stereocenters. The van der Waals surface area contributed by atoms with Crippen LogP contribution in [0.25, 0.3) is 21.8 Å². The van der Waals surface area contributed by atoms with E-state index >= 15 is 0 Å². The first-order chi connectivity index (χ1) is 13.4. The largest absolute Gasteiger partial charge is 0.372 e. The second kappa shape index (κ2) is 6.99. The first-order valence-corrected chi connectivity index (χ1v) is 9.18. The van der Waals surface area contributed by atoms with Crippen molar-refractivity contribution < 1.29 is 9.47 Å². The van der Waals surface area contributed by atoms with E-state index in [1.165, 1.54) is 0 Å². The van der Waals surface area contributed by atoms with Crippen molar-refractivity contribution in [1.29, 1.82) is 0 Å². The summed E-state index contributed by atoms with van der Waals surface area (Å²) in [5.41, 5.74) is 5.35. The highest BCUT2D eigenvalue weighted by Gasteiger charge is 2.21. The zero-order chi connectivity index (χ0) is 18.1. The first-order valence-electron chi connectivity index (χ1n) is 9.18. The molecular weight excluding hydrogens is 336 g/mol. The van der Waals surface area contributed by atoms with Crippen LogP contribution in [0.15, 0.2) is 72.8 Å². The molecule has 4 heteroatoms. The molecule has 4 nitrogen and oxygen atoms in total. The molecule has 1 aliphatic rings. The lowest BCUT2D eigenvalue weighted by molar-refractivity contribution is -0.0195. The van der Waals surface area contributed by atoms with Gasteiger partial charge in [0.25, 0.3) is 0 Å². The second-order valence-electron chi connectivity index (χ2n) is 6.79. The molecule has 2 heterocycles. The molecule has 0 amide bonds. The number of ether oxygens (including phenoxy) is 2. The van der Waals surface area contributed by atoms with E-state index in [2.05, 4.69) is 41.7 Å². The topological polar surface area (TPSA) is 43.4 Å². The summed E-state index contributed by atoms with van der Waals surface area (Å²) in [5, 5.41) is 5.73. The lowest BCUT2D eigenvalue weighted by atomic mass is 10.0. The predicted molar refractivity (Wildman–Crippen MR) is 108 cm³/mol. The standard InChI is InChI=1S/C23H20N2O2/c1-2-6-16(7-3-1)13-26-15-22-24-21-11-10-18-12-17-8-4-5-9-20(17)25-23(18)19(21)14-27-22/h1-12,22,24H,13-15H2. The van der Waals surface area contributed by atoms with Crippen LogP contribution in [0.4, 0.5) is 5.69 Å². The van der Waals surface area contributed by atoms with Crippen molar-refractivity contribution in [3.05, 3.63) is 83.9 Å². The van der Waals surface area contributed by atoms with Crippen molar-refractivity contribution in [2.45, 2.75) is 19.4 Å². The smallest absolute Gasteiger partial charge is 0.151 e. The molecule has 0 radical (unpaired) electrons. The van der Waals surface area contributed by atoms with Gasteiger partial charge in [-0.25, -0.2) is 4.98 Å². The van der Waals surface area contributed by atoms with E-state index in [1.807, 2.05) is 36.4 Å². The Hall–Kier alpha value is -2.95. The van der Waals surface area contributed by atoms with Crippen LogP contribution < -0.4 is 5.32 Å². The number of benzene rings is 3. The van der Waals surface area contributed by atoms with E-state index in [4.69, 9.17) is 14.5 Å². The number of rotatable bonds is 4. The molecule has 0 aliphatic carbocycles. The quantitative estimate of drug-likeness (QED) is 0.530. The number of nitrogens with zero attached hydrogens (tertiary/aromatic N) is 1. The van der Waals surface area contributed by atoms with E-state index in [1.54, 1.807) is 0 Å². The van der Waals surface area contributed by atoms with Crippen LogP contribution in [0.1, 0.15) is 11.1 Å². The molecule has 4 aromatic rings. The van der Waals surface area contributed by atoms with Gasteiger partial charge in [-0.05, 0) is 23.8 Å². The van der Waals surface area contributed by atoms with Gasteiger partial charge in [-0.2, -0.15) is 0 Å². The molecule has 1 aromatic heterocycles. The molecule has 1 aliphatic heterocycles. The Labute approximate surface area is 157 Å². The number of aromatic nitrogens is 1. The van der Waals surface area contributed by atoms with Gasteiger partial charge >= 0.3 is 0 Å². The highest BCUT2D eigenvalue weighted by molar-refractivity contribution is 5.96. The van der Waals surface area contributed by atoms with E-state index in [0.717, 1.165) is 38.6 Å². The van der Waals surface area contributed by atoms with Crippen molar-refractivity contribution >= 4 is 27.5 Å². The normalized spacial score (nSPS) is 16.2. The minimum atomic E-state index is -0.154. The summed E-state index contributed by atoms with van der Waals surface area (Å²) >= 11 is 0. The fraction of sp³-hybridized carbons (Fsp3) is 0.174. The van der Waals surface area contributed by atoms with Crippen LogP contribution in [0.5, 0.6) is 0 Å². The fourth-order valence-electron chi connectivity index (χ4n) is 3.53. The van der Waals surface area contributed by atoms with Gasteiger partial charge in [0.05, 0.1) is 30.9 Å². The SMILES string of the molecule is c1ccc(COCC2Nc3ccc4cc5ccccc5nc4c3CO2)cc1. The van der Waals surface area contributed by atoms with Gasteiger partial charge in [0.2, 0.25) is 0 Å². The molecule has 0 spiro atoms. The van der Waals surface area contributed by atoms with Gasteiger partial charge in [0.1, 0.15) is 0 Å². The lowest BCUT2D eigenvalue weighted by Crippen LogP contribution is -2.32. The summed E-state index contributed by atoms with van der Waals surface area (Å²) in [4.78, 5) is 4.87. The third kappa shape index (κ3) is 3.25. The van der Waals surface area contributed by atoms with Gasteiger partial charge < -0.3 is 14.8 Å². The Morgan fingerprint density at radius 2 is 1.81 bits per heavy atom. The van der Waals surface area contributed by atoms with Crippen LogP contribution in [0.2, 0.25) is 0 Å². The van der Waals surface area contributed by atoms with Crippen LogP contribution in [-0.4, -0.2) is 17.8 Å². The van der Waals surface area contributed by atoms with Gasteiger partial charge in [0.15, 0.2) is 6.23 Å². The molecule has 1 N–H and O–H groups in total. The summed E-state index contributed by atoms with van der Waals surface area (Å²) in [6.45, 7) is 1.61. The van der Waals surface area contributed by atoms with E-state index < -0.39 is 0 Å². The minimum absolute atomic E-state index is 0.154. The monoisotopic (exact) mass is 356 g/mol. The molecule has 3 aromatic carbocycles. The van der Waals surface area contributed by atoms with Crippen molar-refractivity contribution in [1.82, 2.24) is 4.98 Å². The third-order valence-corrected chi connectivity index (χ3v) is 4.92. The fourth-order valence-corrected chi connectivity index (χ4v) is 3.53. The molecular formula is C23H20N2O2. The Balaban J connectivity index is 1.35. The van der Waals surface area contributed by atoms with Crippen LogP contribution >= 0.6 is 0 Å². The summed E-state index contributed by atoms with van der Waals surface area (Å²) in [5.74, 6) is 0. The second-order valence-corrected chi connectivity index (χ2v) is 6.79. The molecule has 0 fully saturated rings. The molecule has 27 heavy (non-hydrogen) atoms. The van der Waals surface area contributed by atoms with Crippen LogP contribution in [0, 0.1) is 0 Å². The van der Waals surface area contributed by atoms with Crippen LogP contribution in [0.3, 0.4) is 0 Å². The summed E-state index contributed by atoms with van der Waals surface area (Å²) in [6.07, 6.45) is -0.154. The maximum Gasteiger partial charge on any atom is 0.151 e. The molecule has 5 rings (SSSR count). The van der Waals surface area contributed by atoms with Crippen molar-refractivity contribution in [2.75, 3.05) is 11.9 Å². The molecule has 0 saturated carbocycles. The third-order valence-electron chi connectivity index (χ3n) is 4.92. The summed E-state index contributed by atoms with van der Waals surface area (Å²) in [7, 11) is 0. The number of fused-ring (bicyclic) bond motifs is 4. The van der Waals surface area contributed by atoms with E-state index in [-0.39, 0.29) is 6.23 Å². The number of pyridine rings is 1. The Morgan fingerprint density at radius 3 is 2.74 bits per heavy atom. The summed E-state index contributed by atoms with van der Waals surface area (Å²) < 4.78 is 11.8. The number of para-hydroxylation sites is 1. The van der Waals surface area contributed by atoms with Crippen molar-refractivity contribution in [2.24, 2.45) is 0 Å². The van der Waals surface area contributed by atoms with Gasteiger partial charge in [-0.3, -0.25) is 0 Å². The number of hydrogen-bond donors (Lipinski definition) is 1. The maximum atomic E-state index is 5.99. The molecule has 134 valence electrons. The zero-order valence-electron chi connectivity index (χ0n) is 14.9. The maximum absolute atomic E-state index is 5.99. The van der Waals surface area contributed by atoms with Gasteiger partial charge in [-0.1, -0.05) is 54.6 Å². The Morgan fingerprint density at radius 1 is 0.963 bits per heavy atom. The molecule has 0 saturated heterocycles. The molecule has 1 atom stereocenters. The first kappa shape index (κ1) is 16.2. The summed E-state index contributed by atoms with van der Waals surface area (Å²) in [6, 6.07) is 24.8. The molecule has 0 bridgehead atoms. The highest BCUT2D eigenvalue weighted by Crippen LogP contribution is 2.31. The van der Waals surface area contributed by atoms with Gasteiger partial charge in [0, 0.05) is 22.0 Å². The predicted octanol–water partition coefficient (Wildman–Crippen LogP) is 4.87. The van der Waals surface area contributed by atoms with Gasteiger partial charge in [-0.15, -0.1) is 0 Å². The van der Waals surface area contributed by atoms with Crippen molar-refractivity contribution in [3.8, 4) is 0 Å². The zero-order valence-corrected chi connectivity index (χ0v) is 14.9. The highest BCUT2D eigenvalue weighted by atomic mass is 16.5. The number of anilines is 1. The lowest BCUT2D eigenvalue weighted by Gasteiger charge is -2.28. The van der Waals surface area contributed by atoms with Crippen molar-refractivity contribution in [3.63, 3.8) is 0 Å². The van der Waals surface area contributed by atoms with E-state index in [9.17, 15) is 0 Å². The average molecular weight is 356 g/mol. The average Bonchev–Trinajstić information content (AvgIpc) is 2.73. The number of nitrogens with one attached hydrogen (secondary N) is 1. The Bertz CT molecular complexity index is 1100.